The molecule has 3 aromatic carbocycles. The molecule has 5 aromatic rings. The first-order chi connectivity index (χ1) is 20.3. The van der Waals surface area contributed by atoms with E-state index in [-0.39, 0.29) is 39.5 Å². The van der Waals surface area contributed by atoms with Crippen molar-refractivity contribution >= 4 is 38.9 Å². The van der Waals surface area contributed by atoms with Crippen LogP contribution in [-0.2, 0) is 16.6 Å². The maximum Gasteiger partial charge on any atom is 0.266 e. The molecule has 1 saturated heterocycles. The van der Waals surface area contributed by atoms with Crippen LogP contribution in [0.3, 0.4) is 0 Å². The minimum Gasteiger partial charge on any atom is -0.338 e. The number of sulfonamides is 1. The SMILES string of the molecule is O=C(c1ccc(Cl)c(S(=O)(=O)N(Cc2ccccc2)c2ccc(F)cc2)c1)N1CCCC(c2nnc3ccccn23)C1. The molecule has 214 valence electrons. The van der Waals surface area contributed by atoms with Crippen molar-refractivity contribution < 1.29 is 17.6 Å². The molecule has 1 aliphatic rings. The van der Waals surface area contributed by atoms with E-state index in [0.717, 1.165) is 29.9 Å². The molecule has 1 atom stereocenters. The highest BCUT2D eigenvalue weighted by Crippen LogP contribution is 2.32. The molecular weight excluding hydrogens is 577 g/mol. The number of rotatable bonds is 7. The summed E-state index contributed by atoms with van der Waals surface area (Å²) in [6, 6.07) is 24.3. The van der Waals surface area contributed by atoms with Crippen molar-refractivity contribution in [1.82, 2.24) is 19.5 Å². The van der Waals surface area contributed by atoms with Gasteiger partial charge < -0.3 is 4.90 Å². The van der Waals surface area contributed by atoms with Gasteiger partial charge in [-0.25, -0.2) is 12.8 Å². The number of aromatic nitrogens is 3. The van der Waals surface area contributed by atoms with Crippen LogP contribution < -0.4 is 4.31 Å². The van der Waals surface area contributed by atoms with Crippen LogP contribution in [0.4, 0.5) is 10.1 Å². The molecule has 0 bridgehead atoms. The highest BCUT2D eigenvalue weighted by atomic mass is 35.5. The number of anilines is 1. The van der Waals surface area contributed by atoms with Crippen molar-refractivity contribution in [3.05, 3.63) is 125 Å². The van der Waals surface area contributed by atoms with E-state index in [4.69, 9.17) is 11.6 Å². The van der Waals surface area contributed by atoms with Gasteiger partial charge >= 0.3 is 0 Å². The summed E-state index contributed by atoms with van der Waals surface area (Å²) in [4.78, 5) is 15.2. The topological polar surface area (TPSA) is 87.9 Å². The Morgan fingerprint density at radius 1 is 0.976 bits per heavy atom. The largest absolute Gasteiger partial charge is 0.338 e. The Balaban J connectivity index is 1.31. The van der Waals surface area contributed by atoms with E-state index in [1.807, 2.05) is 47.0 Å². The monoisotopic (exact) mass is 603 g/mol. The lowest BCUT2D eigenvalue weighted by Crippen LogP contribution is -2.39. The quantitative estimate of drug-likeness (QED) is 0.230. The number of fused-ring (bicyclic) bond motifs is 1. The number of carbonyl (C=O) groups is 1. The molecule has 3 heterocycles. The maximum atomic E-state index is 14.1. The van der Waals surface area contributed by atoms with Crippen LogP contribution in [0.25, 0.3) is 5.65 Å². The molecule has 0 saturated carbocycles. The molecule has 0 radical (unpaired) electrons. The zero-order valence-electron chi connectivity index (χ0n) is 22.5. The van der Waals surface area contributed by atoms with Gasteiger partial charge in [0.05, 0.1) is 17.3 Å². The van der Waals surface area contributed by atoms with Crippen molar-refractivity contribution in [1.29, 1.82) is 0 Å². The van der Waals surface area contributed by atoms with Gasteiger partial charge in [-0.1, -0.05) is 48.0 Å². The number of hydrogen-bond acceptors (Lipinski definition) is 5. The van der Waals surface area contributed by atoms with Crippen molar-refractivity contribution in [3.63, 3.8) is 0 Å². The fourth-order valence-electron chi connectivity index (χ4n) is 5.32. The highest BCUT2D eigenvalue weighted by Gasteiger charge is 2.32. The summed E-state index contributed by atoms with van der Waals surface area (Å²) < 4.78 is 45.1. The Bertz CT molecular complexity index is 1850. The summed E-state index contributed by atoms with van der Waals surface area (Å²) in [7, 11) is -4.27. The second-order valence-corrected chi connectivity index (χ2v) is 12.4. The van der Waals surface area contributed by atoms with Gasteiger partial charge in [-0.2, -0.15) is 0 Å². The van der Waals surface area contributed by atoms with Gasteiger partial charge in [-0.15, -0.1) is 10.2 Å². The third kappa shape index (κ3) is 5.47. The Kier molecular flexibility index (Phi) is 7.66. The van der Waals surface area contributed by atoms with Gasteiger partial charge in [-0.05, 0) is 73.0 Å². The minimum atomic E-state index is -4.27. The lowest BCUT2D eigenvalue weighted by atomic mass is 9.96. The van der Waals surface area contributed by atoms with Crippen molar-refractivity contribution in [3.8, 4) is 0 Å². The van der Waals surface area contributed by atoms with E-state index < -0.39 is 15.8 Å². The van der Waals surface area contributed by atoms with Crippen LogP contribution in [0.15, 0.2) is 102 Å². The van der Waals surface area contributed by atoms with Crippen LogP contribution in [0.1, 0.15) is 40.5 Å². The molecule has 0 spiro atoms. The second-order valence-electron chi connectivity index (χ2n) is 10.2. The summed E-state index contributed by atoms with van der Waals surface area (Å²) in [5.41, 5.74) is 1.95. The molecule has 11 heteroatoms. The average molecular weight is 604 g/mol. The molecule has 42 heavy (non-hydrogen) atoms. The van der Waals surface area contributed by atoms with E-state index in [2.05, 4.69) is 10.2 Å². The van der Waals surface area contributed by atoms with Crippen molar-refractivity contribution in [2.45, 2.75) is 30.2 Å². The summed E-state index contributed by atoms with van der Waals surface area (Å²) in [6.45, 7) is 0.949. The number of likely N-dealkylation sites (tertiary alicyclic amines) is 1. The summed E-state index contributed by atoms with van der Waals surface area (Å²) in [5, 5.41) is 8.61. The van der Waals surface area contributed by atoms with Crippen LogP contribution in [-0.4, -0.2) is 46.9 Å². The summed E-state index contributed by atoms with van der Waals surface area (Å²) in [5.74, 6) is -0.00723. The first-order valence-electron chi connectivity index (χ1n) is 13.5. The summed E-state index contributed by atoms with van der Waals surface area (Å²) >= 11 is 6.47. The lowest BCUT2D eigenvalue weighted by molar-refractivity contribution is 0.0704. The molecule has 1 unspecified atom stereocenters. The number of amides is 1. The number of carbonyl (C=O) groups excluding carboxylic acids is 1. The predicted octanol–water partition coefficient (Wildman–Crippen LogP) is 5.94. The Morgan fingerprint density at radius 2 is 1.74 bits per heavy atom. The number of benzene rings is 3. The number of halogens is 2. The number of hydrogen-bond donors (Lipinski definition) is 0. The third-order valence-electron chi connectivity index (χ3n) is 7.44. The summed E-state index contributed by atoms with van der Waals surface area (Å²) in [6.07, 6.45) is 3.53. The zero-order chi connectivity index (χ0) is 29.3. The standard InChI is InChI=1S/C31H27ClFN5O3S/c32-27-16-11-23(31(39)36-17-6-9-24(21-36)30-35-34-29-10-4-5-18-37(29)30)19-28(27)42(40,41)38(20-22-7-2-1-3-8-22)26-14-12-25(33)13-15-26/h1-5,7-8,10-16,18-19,24H,6,9,17,20-21H2. The Labute approximate surface area is 248 Å². The zero-order valence-corrected chi connectivity index (χ0v) is 24.0. The van der Waals surface area contributed by atoms with E-state index in [1.54, 1.807) is 23.1 Å². The molecule has 1 amide bonds. The Morgan fingerprint density at radius 3 is 2.52 bits per heavy atom. The number of nitrogens with zero attached hydrogens (tertiary/aromatic N) is 5. The first-order valence-corrected chi connectivity index (χ1v) is 15.3. The van der Waals surface area contributed by atoms with Gasteiger partial charge in [0.1, 0.15) is 16.5 Å². The first kappa shape index (κ1) is 27.9. The molecule has 2 aromatic heterocycles. The van der Waals surface area contributed by atoms with Crippen molar-refractivity contribution in [2.75, 3.05) is 17.4 Å². The van der Waals surface area contributed by atoms with Gasteiger partial charge in [0.25, 0.3) is 15.9 Å². The van der Waals surface area contributed by atoms with Crippen molar-refractivity contribution in [2.24, 2.45) is 0 Å². The lowest BCUT2D eigenvalue weighted by Gasteiger charge is -2.32. The van der Waals surface area contributed by atoms with Crippen LogP contribution >= 0.6 is 11.6 Å². The van der Waals surface area contributed by atoms with E-state index in [0.29, 0.717) is 13.1 Å². The van der Waals surface area contributed by atoms with E-state index in [9.17, 15) is 17.6 Å². The molecule has 6 rings (SSSR count). The van der Waals surface area contributed by atoms with Crippen LogP contribution in [0.2, 0.25) is 5.02 Å². The molecule has 0 aliphatic carbocycles. The normalized spacial score (nSPS) is 15.6. The smallest absolute Gasteiger partial charge is 0.266 e. The Hall–Kier alpha value is -4.28. The van der Waals surface area contributed by atoms with Gasteiger partial charge in [0, 0.05) is 30.8 Å². The average Bonchev–Trinajstić information content (AvgIpc) is 3.45. The van der Waals surface area contributed by atoms with Gasteiger partial charge in [0.2, 0.25) is 0 Å². The fraction of sp³-hybridized carbons (Fsp3) is 0.194. The number of pyridine rings is 1. The van der Waals surface area contributed by atoms with E-state index in [1.165, 1.54) is 40.7 Å². The highest BCUT2D eigenvalue weighted by molar-refractivity contribution is 7.93. The van der Waals surface area contributed by atoms with E-state index >= 15 is 0 Å². The van der Waals surface area contributed by atoms with Gasteiger partial charge in [-0.3, -0.25) is 13.5 Å². The molecule has 1 aliphatic heterocycles. The minimum absolute atomic E-state index is 0.0105. The second kappa shape index (κ2) is 11.5. The predicted molar refractivity (Wildman–Crippen MR) is 159 cm³/mol. The molecular formula is C31H27ClFN5O3S. The number of piperidine rings is 1. The fourth-order valence-corrected chi connectivity index (χ4v) is 7.27. The molecule has 1 fully saturated rings. The molecule has 8 nitrogen and oxygen atoms in total. The van der Waals surface area contributed by atoms with Crippen LogP contribution in [0, 0.1) is 5.82 Å². The maximum absolute atomic E-state index is 14.1. The third-order valence-corrected chi connectivity index (χ3v) is 9.70. The van der Waals surface area contributed by atoms with Crippen LogP contribution in [0.5, 0.6) is 0 Å². The molecule has 0 N–H and O–H groups in total. The van der Waals surface area contributed by atoms with Gasteiger partial charge in [0.15, 0.2) is 5.65 Å².